The van der Waals surface area contributed by atoms with Gasteiger partial charge in [0.05, 0.1) is 0 Å². The average Bonchev–Trinajstić information content (AvgIpc) is 2.89. The van der Waals surface area contributed by atoms with E-state index in [1.165, 1.54) is 44.1 Å². The van der Waals surface area contributed by atoms with Crippen molar-refractivity contribution in [2.24, 2.45) is 35.0 Å². The first-order chi connectivity index (χ1) is 11.1. The van der Waals surface area contributed by atoms with Gasteiger partial charge in [0.15, 0.2) is 0 Å². The lowest BCUT2D eigenvalue weighted by Crippen LogP contribution is -2.48. The highest BCUT2D eigenvalue weighted by molar-refractivity contribution is 5.82. The Balaban J connectivity index is 1.71. The lowest BCUT2D eigenvalue weighted by Gasteiger charge is -2.55. The van der Waals surface area contributed by atoms with Crippen LogP contribution in [0.4, 0.5) is 0 Å². The molecule has 0 spiro atoms. The summed E-state index contributed by atoms with van der Waals surface area (Å²) < 4.78 is 0. The number of carbonyl (C=O) groups is 1. The Morgan fingerprint density at radius 1 is 1.17 bits per heavy atom. The van der Waals surface area contributed by atoms with Gasteiger partial charge in [-0.3, -0.25) is 4.79 Å². The number of carbonyl (C=O) groups excluding carboxylic acids is 1. The summed E-state index contributed by atoms with van der Waals surface area (Å²) in [7, 11) is 0. The molecule has 6 atom stereocenters. The Bertz CT molecular complexity index is 534. The van der Waals surface area contributed by atoms with E-state index in [0.717, 1.165) is 42.9 Å². The molecule has 4 rings (SSSR count). The van der Waals surface area contributed by atoms with Gasteiger partial charge < -0.3 is 5.11 Å². The monoisotopic (exact) mass is 316 g/mol. The van der Waals surface area contributed by atoms with Crippen molar-refractivity contribution in [3.8, 4) is 0 Å². The number of hydrogen-bond donors (Lipinski definition) is 1. The van der Waals surface area contributed by atoms with Gasteiger partial charge in [-0.15, -0.1) is 0 Å². The lowest BCUT2D eigenvalue weighted by atomic mass is 9.49. The molecule has 0 amide bonds. The molecule has 4 aliphatic carbocycles. The molecular formula is C21H32O2. The zero-order valence-electron chi connectivity index (χ0n) is 14.8. The quantitative estimate of drug-likeness (QED) is 0.761. The predicted molar refractivity (Wildman–Crippen MR) is 91.9 cm³/mol. The highest BCUT2D eigenvalue weighted by Gasteiger charge is 2.57. The molecule has 0 radical (unpaired) electrons. The molecule has 0 bridgehead atoms. The first kappa shape index (κ1) is 15.9. The van der Waals surface area contributed by atoms with Gasteiger partial charge in [0.2, 0.25) is 0 Å². The Kier molecular flexibility index (Phi) is 3.95. The Morgan fingerprint density at radius 2 is 2.00 bits per heavy atom. The summed E-state index contributed by atoms with van der Waals surface area (Å²) in [6.45, 7) is 5.22. The Hall–Kier alpha value is -0.630. The molecule has 0 aromatic carbocycles. The molecule has 23 heavy (non-hydrogen) atoms. The summed E-state index contributed by atoms with van der Waals surface area (Å²) in [4.78, 5) is 11.9. The van der Waals surface area contributed by atoms with E-state index in [2.05, 4.69) is 13.8 Å². The third kappa shape index (κ3) is 2.27. The molecular weight excluding hydrogens is 284 g/mol. The highest BCUT2D eigenvalue weighted by atomic mass is 16.3. The van der Waals surface area contributed by atoms with Crippen LogP contribution in [0.25, 0.3) is 0 Å². The van der Waals surface area contributed by atoms with Crippen molar-refractivity contribution in [3.05, 3.63) is 11.1 Å². The maximum Gasteiger partial charge on any atom is 0.137 e. The maximum atomic E-state index is 11.9. The number of fused-ring (bicyclic) bond motifs is 4. The van der Waals surface area contributed by atoms with Crippen LogP contribution in [0.3, 0.4) is 0 Å². The van der Waals surface area contributed by atoms with Crippen LogP contribution in [-0.2, 0) is 4.79 Å². The van der Waals surface area contributed by atoms with Crippen LogP contribution < -0.4 is 0 Å². The smallest absolute Gasteiger partial charge is 0.137 e. The van der Waals surface area contributed by atoms with Crippen molar-refractivity contribution < 1.29 is 9.90 Å². The third-order valence-electron chi connectivity index (χ3n) is 8.26. The van der Waals surface area contributed by atoms with Crippen LogP contribution in [0.5, 0.6) is 0 Å². The summed E-state index contributed by atoms with van der Waals surface area (Å²) in [5.74, 6) is 4.14. The van der Waals surface area contributed by atoms with E-state index in [-0.39, 0.29) is 0 Å². The minimum atomic E-state index is 0.360. The normalized spacial score (nSPS) is 46.4. The summed E-state index contributed by atoms with van der Waals surface area (Å²) >= 11 is 0. The minimum Gasteiger partial charge on any atom is -0.396 e. The van der Waals surface area contributed by atoms with E-state index in [1.54, 1.807) is 5.57 Å². The van der Waals surface area contributed by atoms with E-state index >= 15 is 0 Å². The molecule has 2 saturated carbocycles. The molecule has 0 aliphatic heterocycles. The minimum absolute atomic E-state index is 0.360. The summed E-state index contributed by atoms with van der Waals surface area (Å²) in [6.07, 6.45) is 10.2. The number of hydrogen-bond acceptors (Lipinski definition) is 2. The molecule has 2 heteroatoms. The second-order valence-corrected chi connectivity index (χ2v) is 9.01. The number of aliphatic hydroxyl groups is 1. The number of Topliss-reactive ketones (excluding diaryl/α,β-unsaturated/α-hetero) is 1. The van der Waals surface area contributed by atoms with Crippen LogP contribution >= 0.6 is 0 Å². The zero-order valence-corrected chi connectivity index (χ0v) is 14.8. The summed E-state index contributed by atoms with van der Waals surface area (Å²) in [6, 6.07) is 0. The van der Waals surface area contributed by atoms with Gasteiger partial charge in [-0.1, -0.05) is 31.4 Å². The van der Waals surface area contributed by atoms with Gasteiger partial charge in [-0.25, -0.2) is 0 Å². The highest BCUT2D eigenvalue weighted by Crippen LogP contribution is 2.64. The molecule has 1 N–H and O–H groups in total. The lowest BCUT2D eigenvalue weighted by molar-refractivity contribution is -0.119. The number of aliphatic hydroxyl groups excluding tert-OH is 1. The molecule has 0 saturated heterocycles. The van der Waals surface area contributed by atoms with Crippen molar-refractivity contribution >= 4 is 5.78 Å². The summed E-state index contributed by atoms with van der Waals surface area (Å²) in [5.41, 5.74) is 3.60. The standard InChI is InChI=1S/C21H32O2/c1-3-13-11-21(2)15(12-22)5-9-19(21)18-7-4-14-10-16(23)6-8-17(14)20(13)18/h13,15,18-20,22H,3-12H2,1-2H3/t13-,15-,18-,19+,20+,21+/m0/s1. The van der Waals surface area contributed by atoms with Crippen LogP contribution in [0.1, 0.15) is 71.6 Å². The largest absolute Gasteiger partial charge is 0.396 e. The van der Waals surface area contributed by atoms with E-state index in [0.29, 0.717) is 23.7 Å². The van der Waals surface area contributed by atoms with E-state index in [1.807, 2.05) is 0 Å². The molecule has 0 aromatic rings. The van der Waals surface area contributed by atoms with Gasteiger partial charge in [-0.05, 0) is 73.5 Å². The summed E-state index contributed by atoms with van der Waals surface area (Å²) in [5, 5.41) is 9.89. The number of ketones is 1. The van der Waals surface area contributed by atoms with Crippen molar-refractivity contribution in [1.82, 2.24) is 0 Å². The van der Waals surface area contributed by atoms with Crippen LogP contribution in [0.2, 0.25) is 0 Å². The Morgan fingerprint density at radius 3 is 2.74 bits per heavy atom. The van der Waals surface area contributed by atoms with Crippen LogP contribution in [0.15, 0.2) is 11.1 Å². The molecule has 0 aromatic heterocycles. The van der Waals surface area contributed by atoms with E-state index in [4.69, 9.17) is 0 Å². The fourth-order valence-corrected chi connectivity index (χ4v) is 7.16. The second kappa shape index (κ2) is 5.72. The maximum absolute atomic E-state index is 11.9. The Labute approximate surface area is 140 Å². The molecule has 4 aliphatic rings. The molecule has 128 valence electrons. The van der Waals surface area contributed by atoms with E-state index < -0.39 is 0 Å². The van der Waals surface area contributed by atoms with E-state index in [9.17, 15) is 9.90 Å². The van der Waals surface area contributed by atoms with Crippen molar-refractivity contribution in [2.45, 2.75) is 71.6 Å². The fourth-order valence-electron chi connectivity index (χ4n) is 7.16. The molecule has 0 unspecified atom stereocenters. The van der Waals surface area contributed by atoms with Crippen LogP contribution in [0, 0.1) is 35.0 Å². The number of allylic oxidation sites excluding steroid dienone is 2. The van der Waals surface area contributed by atoms with Gasteiger partial charge in [0.1, 0.15) is 5.78 Å². The van der Waals surface area contributed by atoms with Gasteiger partial charge >= 0.3 is 0 Å². The van der Waals surface area contributed by atoms with Crippen molar-refractivity contribution in [1.29, 1.82) is 0 Å². The molecule has 2 fully saturated rings. The molecule has 0 heterocycles. The topological polar surface area (TPSA) is 37.3 Å². The molecule has 2 nitrogen and oxygen atoms in total. The third-order valence-corrected chi connectivity index (χ3v) is 8.26. The number of rotatable bonds is 2. The SMILES string of the molecule is CC[C@H]1C[C@]2(C)[C@H](CO)CC[C@@H]2[C@@H]2CCC3=C(CCC(=O)C3)[C@@H]12. The van der Waals surface area contributed by atoms with Gasteiger partial charge in [-0.2, -0.15) is 0 Å². The van der Waals surface area contributed by atoms with Crippen molar-refractivity contribution in [2.75, 3.05) is 6.61 Å². The van der Waals surface area contributed by atoms with Crippen LogP contribution in [-0.4, -0.2) is 17.5 Å². The first-order valence-corrected chi connectivity index (χ1v) is 9.91. The van der Waals surface area contributed by atoms with Gasteiger partial charge in [0.25, 0.3) is 0 Å². The van der Waals surface area contributed by atoms with Crippen molar-refractivity contribution in [3.63, 3.8) is 0 Å². The fraction of sp³-hybridized carbons (Fsp3) is 0.857. The zero-order chi connectivity index (χ0) is 16.2. The second-order valence-electron chi connectivity index (χ2n) is 9.01. The first-order valence-electron chi connectivity index (χ1n) is 9.91. The average molecular weight is 316 g/mol. The predicted octanol–water partition coefficient (Wildman–Crippen LogP) is 4.52. The van der Waals surface area contributed by atoms with Gasteiger partial charge in [0, 0.05) is 19.4 Å².